The summed E-state index contributed by atoms with van der Waals surface area (Å²) >= 11 is 0. The highest BCUT2D eigenvalue weighted by Crippen LogP contribution is 2.41. The maximum atomic E-state index is 13.1. The lowest BCUT2D eigenvalue weighted by Gasteiger charge is -2.17. The second-order valence-corrected chi connectivity index (χ2v) is 8.92. The zero-order chi connectivity index (χ0) is 22.8. The highest BCUT2D eigenvalue weighted by Gasteiger charge is 2.35. The molecule has 2 heterocycles. The molecule has 0 bridgehead atoms. The van der Waals surface area contributed by atoms with Gasteiger partial charge in [-0.15, -0.1) is 5.10 Å². The number of hydrogen-bond acceptors (Lipinski definition) is 4. The van der Waals surface area contributed by atoms with Gasteiger partial charge in [-0.1, -0.05) is 47.7 Å². The van der Waals surface area contributed by atoms with E-state index in [1.54, 1.807) is 17.0 Å². The lowest BCUT2D eigenvalue weighted by molar-refractivity contribution is -0.128. The SMILES string of the molecule is O=C(NCC1CC(=O)N(Cc2ccc(F)cc2)C1)c1nnn(Cc2ccccc2)c1C1CC1. The predicted molar refractivity (Wildman–Crippen MR) is 120 cm³/mol. The van der Waals surface area contributed by atoms with E-state index in [-0.39, 0.29) is 23.5 Å². The Kier molecular flexibility index (Phi) is 5.90. The van der Waals surface area contributed by atoms with E-state index in [4.69, 9.17) is 0 Å². The van der Waals surface area contributed by atoms with Gasteiger partial charge in [0.2, 0.25) is 5.91 Å². The molecular formula is C25H26FN5O2. The standard InChI is InChI=1S/C25H26FN5O2/c26-21-10-6-18(7-11-21)14-30-15-19(12-22(30)32)13-27-25(33)23-24(20-8-9-20)31(29-28-23)16-17-4-2-1-3-5-17/h1-7,10-11,19-20H,8-9,12-16H2,(H,27,33). The Morgan fingerprint density at radius 2 is 1.76 bits per heavy atom. The Bertz CT molecular complexity index is 1140. The number of benzene rings is 2. The Hall–Kier alpha value is -3.55. The van der Waals surface area contributed by atoms with Crippen LogP contribution in [0.5, 0.6) is 0 Å². The van der Waals surface area contributed by atoms with Gasteiger partial charge in [0.15, 0.2) is 5.69 Å². The Labute approximate surface area is 191 Å². The second kappa shape index (κ2) is 9.13. The van der Waals surface area contributed by atoms with Crippen LogP contribution in [0.1, 0.15) is 52.5 Å². The number of nitrogens with one attached hydrogen (secondary N) is 1. The highest BCUT2D eigenvalue weighted by atomic mass is 19.1. The van der Waals surface area contributed by atoms with Crippen LogP contribution in [0.25, 0.3) is 0 Å². The van der Waals surface area contributed by atoms with Crippen LogP contribution in [0.15, 0.2) is 54.6 Å². The number of amides is 2. The van der Waals surface area contributed by atoms with E-state index in [0.29, 0.717) is 44.2 Å². The molecule has 1 aliphatic heterocycles. The largest absolute Gasteiger partial charge is 0.350 e. The topological polar surface area (TPSA) is 80.1 Å². The van der Waals surface area contributed by atoms with Crippen molar-refractivity contribution in [2.75, 3.05) is 13.1 Å². The van der Waals surface area contributed by atoms with E-state index < -0.39 is 0 Å². The zero-order valence-electron chi connectivity index (χ0n) is 18.3. The third-order valence-corrected chi connectivity index (χ3v) is 6.26. The van der Waals surface area contributed by atoms with Gasteiger partial charge in [0.25, 0.3) is 5.91 Å². The van der Waals surface area contributed by atoms with Crippen molar-refractivity contribution in [3.05, 3.63) is 82.9 Å². The molecule has 8 heteroatoms. The molecule has 3 aromatic rings. The lowest BCUT2D eigenvalue weighted by atomic mass is 10.1. The van der Waals surface area contributed by atoms with Crippen LogP contribution in [0, 0.1) is 11.7 Å². The van der Waals surface area contributed by atoms with Gasteiger partial charge in [-0.25, -0.2) is 9.07 Å². The first-order valence-corrected chi connectivity index (χ1v) is 11.3. The van der Waals surface area contributed by atoms with E-state index in [1.165, 1.54) is 12.1 Å². The zero-order valence-corrected chi connectivity index (χ0v) is 18.3. The van der Waals surface area contributed by atoms with Gasteiger partial charge < -0.3 is 10.2 Å². The summed E-state index contributed by atoms with van der Waals surface area (Å²) in [5.41, 5.74) is 3.29. The van der Waals surface area contributed by atoms with Gasteiger partial charge in [0, 0.05) is 37.9 Å². The Morgan fingerprint density at radius 1 is 1.03 bits per heavy atom. The summed E-state index contributed by atoms with van der Waals surface area (Å²) in [6.07, 6.45) is 2.47. The first kappa shape index (κ1) is 21.3. The Balaban J connectivity index is 1.20. The third kappa shape index (κ3) is 4.94. The van der Waals surface area contributed by atoms with Crippen molar-refractivity contribution in [3.63, 3.8) is 0 Å². The molecule has 0 radical (unpaired) electrons. The molecule has 1 unspecified atom stereocenters. The molecule has 2 aliphatic rings. The highest BCUT2D eigenvalue weighted by molar-refractivity contribution is 5.93. The van der Waals surface area contributed by atoms with Gasteiger partial charge in [0.05, 0.1) is 12.2 Å². The van der Waals surface area contributed by atoms with Gasteiger partial charge >= 0.3 is 0 Å². The molecule has 2 fully saturated rings. The number of aromatic nitrogens is 3. The van der Waals surface area contributed by atoms with Crippen molar-refractivity contribution < 1.29 is 14.0 Å². The van der Waals surface area contributed by atoms with Crippen LogP contribution in [0.2, 0.25) is 0 Å². The monoisotopic (exact) mass is 447 g/mol. The molecule has 1 saturated heterocycles. The van der Waals surface area contributed by atoms with Crippen molar-refractivity contribution in [2.45, 2.75) is 38.3 Å². The lowest BCUT2D eigenvalue weighted by Crippen LogP contribution is -2.32. The number of carbonyl (C=O) groups excluding carboxylic acids is 2. The van der Waals surface area contributed by atoms with E-state index in [9.17, 15) is 14.0 Å². The van der Waals surface area contributed by atoms with E-state index >= 15 is 0 Å². The van der Waals surface area contributed by atoms with Crippen molar-refractivity contribution in [3.8, 4) is 0 Å². The number of hydrogen-bond donors (Lipinski definition) is 1. The fourth-order valence-corrected chi connectivity index (χ4v) is 4.39. The minimum Gasteiger partial charge on any atom is -0.350 e. The summed E-state index contributed by atoms with van der Waals surface area (Å²) < 4.78 is 15.0. The molecule has 2 amide bonds. The van der Waals surface area contributed by atoms with Crippen molar-refractivity contribution in [1.82, 2.24) is 25.2 Å². The van der Waals surface area contributed by atoms with Gasteiger partial charge in [0.1, 0.15) is 5.82 Å². The van der Waals surface area contributed by atoms with Crippen molar-refractivity contribution >= 4 is 11.8 Å². The second-order valence-electron chi connectivity index (χ2n) is 8.92. The molecule has 1 N–H and O–H groups in total. The van der Waals surface area contributed by atoms with E-state index in [2.05, 4.69) is 15.6 Å². The number of likely N-dealkylation sites (tertiary alicyclic amines) is 1. The summed E-state index contributed by atoms with van der Waals surface area (Å²) in [5, 5.41) is 11.4. The van der Waals surface area contributed by atoms with Crippen molar-refractivity contribution in [2.24, 2.45) is 5.92 Å². The molecule has 5 rings (SSSR count). The average molecular weight is 448 g/mol. The van der Waals surface area contributed by atoms with Crippen molar-refractivity contribution in [1.29, 1.82) is 0 Å². The van der Waals surface area contributed by atoms with Crippen LogP contribution < -0.4 is 5.32 Å². The van der Waals surface area contributed by atoms with Gasteiger partial charge in [-0.3, -0.25) is 9.59 Å². The molecule has 2 aromatic carbocycles. The maximum Gasteiger partial charge on any atom is 0.273 e. The first-order chi connectivity index (χ1) is 16.1. The minimum absolute atomic E-state index is 0.0330. The third-order valence-electron chi connectivity index (χ3n) is 6.26. The number of rotatable bonds is 8. The molecule has 170 valence electrons. The maximum absolute atomic E-state index is 13.1. The summed E-state index contributed by atoms with van der Waals surface area (Å²) in [5.74, 6) is -0.126. The number of halogens is 1. The fourth-order valence-electron chi connectivity index (χ4n) is 4.39. The first-order valence-electron chi connectivity index (χ1n) is 11.3. The average Bonchev–Trinajstić information content (AvgIpc) is 3.48. The predicted octanol–water partition coefficient (Wildman–Crippen LogP) is 3.12. The summed E-state index contributed by atoms with van der Waals surface area (Å²) in [6.45, 7) is 2.00. The summed E-state index contributed by atoms with van der Waals surface area (Å²) in [7, 11) is 0. The molecule has 0 spiro atoms. The van der Waals surface area contributed by atoms with E-state index in [1.807, 2.05) is 35.0 Å². The van der Waals surface area contributed by atoms with Crippen LogP contribution >= 0.6 is 0 Å². The molecule has 1 aliphatic carbocycles. The molecule has 33 heavy (non-hydrogen) atoms. The van der Waals surface area contributed by atoms with Crippen LogP contribution in [0.4, 0.5) is 4.39 Å². The molecule has 1 saturated carbocycles. The number of nitrogens with zero attached hydrogens (tertiary/aromatic N) is 4. The molecule has 1 atom stereocenters. The minimum atomic E-state index is -0.293. The summed E-state index contributed by atoms with van der Waals surface area (Å²) in [4.78, 5) is 27.1. The number of carbonyl (C=O) groups is 2. The smallest absolute Gasteiger partial charge is 0.273 e. The fraction of sp³-hybridized carbons (Fsp3) is 0.360. The summed E-state index contributed by atoms with van der Waals surface area (Å²) in [6, 6.07) is 16.2. The molecule has 1 aromatic heterocycles. The van der Waals surface area contributed by atoms with Crippen LogP contribution in [-0.4, -0.2) is 44.8 Å². The van der Waals surface area contributed by atoms with E-state index in [0.717, 1.165) is 29.7 Å². The quantitative estimate of drug-likeness (QED) is 0.575. The van der Waals surface area contributed by atoms with Crippen LogP contribution in [-0.2, 0) is 17.9 Å². The molecule has 7 nitrogen and oxygen atoms in total. The van der Waals surface area contributed by atoms with Gasteiger partial charge in [-0.05, 0) is 36.1 Å². The van der Waals surface area contributed by atoms with Gasteiger partial charge in [-0.2, -0.15) is 0 Å². The Morgan fingerprint density at radius 3 is 2.48 bits per heavy atom. The normalized spacial score (nSPS) is 18.0. The molecular weight excluding hydrogens is 421 g/mol. The van der Waals surface area contributed by atoms with Crippen LogP contribution in [0.3, 0.4) is 0 Å².